The molecule has 0 radical (unpaired) electrons. The second kappa shape index (κ2) is 3.49. The molecule has 0 aromatic carbocycles. The van der Waals surface area contributed by atoms with Gasteiger partial charge in [0.15, 0.2) is 17.1 Å². The maximum Gasteiger partial charge on any atom is 0.263 e. The molecule has 0 fully saturated rings. The summed E-state index contributed by atoms with van der Waals surface area (Å²) in [6, 6.07) is 3.29. The molecule has 4 nitrogen and oxygen atoms in total. The lowest BCUT2D eigenvalue weighted by Crippen LogP contribution is -1.69. The van der Waals surface area contributed by atoms with Crippen molar-refractivity contribution in [2.75, 3.05) is 0 Å². The van der Waals surface area contributed by atoms with Crippen LogP contribution in [0.15, 0.2) is 43.7 Å². The van der Waals surface area contributed by atoms with Crippen molar-refractivity contribution in [1.29, 1.82) is 0 Å². The Bertz CT molecular complexity index is 393. The first-order valence-electron chi connectivity index (χ1n) is 3.51. The fourth-order valence-corrected chi connectivity index (χ4v) is 1.46. The number of aldehydes is 1. The van der Waals surface area contributed by atoms with Crippen molar-refractivity contribution in [3.63, 3.8) is 0 Å². The van der Waals surface area contributed by atoms with Gasteiger partial charge in [-0.15, -0.1) is 0 Å². The highest BCUT2D eigenvalue weighted by atomic mass is 32.2. The van der Waals surface area contributed by atoms with E-state index in [1.165, 1.54) is 18.0 Å². The van der Waals surface area contributed by atoms with Crippen LogP contribution in [0.3, 0.4) is 0 Å². The first kappa shape index (κ1) is 8.12. The van der Waals surface area contributed by atoms with Gasteiger partial charge in [-0.05, 0) is 12.1 Å². The molecule has 0 aliphatic carbocycles. The van der Waals surface area contributed by atoms with Crippen molar-refractivity contribution in [3.05, 3.63) is 30.4 Å². The molecular weight excluding hydrogens is 190 g/mol. The topological polar surface area (TPSA) is 56.2 Å². The molecule has 5 heteroatoms. The van der Waals surface area contributed by atoms with E-state index in [0.717, 1.165) is 0 Å². The molecule has 66 valence electrons. The van der Waals surface area contributed by atoms with Gasteiger partial charge in [-0.1, -0.05) is 0 Å². The fourth-order valence-electron chi connectivity index (χ4n) is 0.799. The number of aromatic nitrogens is 1. The maximum atomic E-state index is 10.3. The molecule has 0 aliphatic heterocycles. The summed E-state index contributed by atoms with van der Waals surface area (Å²) in [5, 5.41) is 1.08. The van der Waals surface area contributed by atoms with Crippen LogP contribution in [0.4, 0.5) is 0 Å². The second-order valence-electron chi connectivity index (χ2n) is 2.17. The lowest BCUT2D eigenvalue weighted by Gasteiger charge is -1.88. The van der Waals surface area contributed by atoms with Crippen LogP contribution in [0.25, 0.3) is 0 Å². The van der Waals surface area contributed by atoms with Crippen LogP contribution in [0, 0.1) is 0 Å². The van der Waals surface area contributed by atoms with Crippen LogP contribution in [-0.2, 0) is 0 Å². The van der Waals surface area contributed by atoms with Crippen molar-refractivity contribution in [2.24, 2.45) is 0 Å². The number of carbonyl (C=O) groups excluding carboxylic acids is 1. The molecule has 2 rings (SSSR count). The molecule has 0 amide bonds. The standard InChI is InChI=1S/C8H5NO3S/c10-5-6-1-2-7(12-6)13-8-9-3-4-11-8/h1-5H. The molecule has 13 heavy (non-hydrogen) atoms. The molecule has 0 spiro atoms. The highest BCUT2D eigenvalue weighted by Gasteiger charge is 2.05. The Hall–Kier alpha value is -1.49. The Morgan fingerprint density at radius 2 is 2.38 bits per heavy atom. The molecule has 0 saturated heterocycles. The van der Waals surface area contributed by atoms with E-state index >= 15 is 0 Å². The van der Waals surface area contributed by atoms with Crippen molar-refractivity contribution >= 4 is 18.0 Å². The van der Waals surface area contributed by atoms with Crippen LogP contribution >= 0.6 is 11.8 Å². The zero-order chi connectivity index (χ0) is 9.10. The normalized spacial score (nSPS) is 10.2. The Morgan fingerprint density at radius 1 is 1.46 bits per heavy atom. The Labute approximate surface area is 77.9 Å². The van der Waals surface area contributed by atoms with Gasteiger partial charge in [-0.25, -0.2) is 4.98 Å². The number of furan rings is 1. The Balaban J connectivity index is 2.14. The number of hydrogen-bond donors (Lipinski definition) is 0. The van der Waals surface area contributed by atoms with Gasteiger partial charge in [-0.2, -0.15) is 0 Å². The molecule has 2 heterocycles. The molecule has 0 atom stereocenters. The molecule has 2 aromatic heterocycles. The van der Waals surface area contributed by atoms with Gasteiger partial charge in [-0.3, -0.25) is 4.79 Å². The van der Waals surface area contributed by atoms with Gasteiger partial charge in [0.2, 0.25) is 0 Å². The number of hydrogen-bond acceptors (Lipinski definition) is 5. The molecule has 0 bridgehead atoms. The summed E-state index contributed by atoms with van der Waals surface area (Å²) >= 11 is 1.23. The molecule has 0 unspecified atom stereocenters. The smallest absolute Gasteiger partial charge is 0.263 e. The van der Waals surface area contributed by atoms with E-state index in [9.17, 15) is 4.79 Å². The molecule has 0 aliphatic rings. The predicted octanol–water partition coefficient (Wildman–Crippen LogP) is 2.23. The van der Waals surface area contributed by atoms with Crippen LogP contribution in [-0.4, -0.2) is 11.3 Å². The van der Waals surface area contributed by atoms with Crippen LogP contribution in [0.5, 0.6) is 0 Å². The third-order valence-electron chi connectivity index (χ3n) is 1.32. The highest BCUT2D eigenvalue weighted by molar-refractivity contribution is 7.99. The predicted molar refractivity (Wildman–Crippen MR) is 44.7 cm³/mol. The minimum absolute atomic E-state index is 0.300. The van der Waals surface area contributed by atoms with Gasteiger partial charge in [0, 0.05) is 11.8 Å². The Kier molecular flexibility index (Phi) is 2.18. The number of rotatable bonds is 3. The van der Waals surface area contributed by atoms with Gasteiger partial charge in [0.25, 0.3) is 5.22 Å². The van der Waals surface area contributed by atoms with Gasteiger partial charge in [0.1, 0.15) is 6.26 Å². The third kappa shape index (κ3) is 1.81. The van der Waals surface area contributed by atoms with Crippen molar-refractivity contribution in [2.45, 2.75) is 10.3 Å². The lowest BCUT2D eigenvalue weighted by atomic mass is 10.5. The quantitative estimate of drug-likeness (QED) is 0.703. The molecular formula is C8H5NO3S. The minimum Gasteiger partial charge on any atom is -0.447 e. The van der Waals surface area contributed by atoms with Gasteiger partial charge < -0.3 is 8.83 Å². The summed E-state index contributed by atoms with van der Waals surface area (Å²) in [5.74, 6) is 0.300. The summed E-state index contributed by atoms with van der Waals surface area (Å²) in [6.07, 6.45) is 3.68. The first-order valence-corrected chi connectivity index (χ1v) is 4.32. The van der Waals surface area contributed by atoms with E-state index in [1.807, 2.05) is 0 Å². The lowest BCUT2D eigenvalue weighted by molar-refractivity contribution is 0.109. The monoisotopic (exact) mass is 195 g/mol. The highest BCUT2D eigenvalue weighted by Crippen LogP contribution is 2.27. The fraction of sp³-hybridized carbons (Fsp3) is 0. The number of carbonyl (C=O) groups is 1. The van der Waals surface area contributed by atoms with E-state index < -0.39 is 0 Å². The summed E-state index contributed by atoms with van der Waals surface area (Å²) in [5.41, 5.74) is 0. The van der Waals surface area contributed by atoms with E-state index in [2.05, 4.69) is 4.98 Å². The van der Waals surface area contributed by atoms with E-state index in [-0.39, 0.29) is 0 Å². The summed E-state index contributed by atoms with van der Waals surface area (Å²) in [6.45, 7) is 0. The van der Waals surface area contributed by atoms with Crippen molar-refractivity contribution < 1.29 is 13.6 Å². The van der Waals surface area contributed by atoms with E-state index in [4.69, 9.17) is 8.83 Å². The average Bonchev–Trinajstić information content (AvgIpc) is 2.76. The van der Waals surface area contributed by atoms with Crippen LogP contribution < -0.4 is 0 Å². The SMILES string of the molecule is O=Cc1ccc(Sc2ncco2)o1. The van der Waals surface area contributed by atoms with Crippen LogP contribution in [0.1, 0.15) is 10.6 Å². The summed E-state index contributed by atoms with van der Waals surface area (Å²) < 4.78 is 10.1. The maximum absolute atomic E-state index is 10.3. The van der Waals surface area contributed by atoms with E-state index in [1.54, 1.807) is 18.3 Å². The third-order valence-corrected chi connectivity index (χ3v) is 2.11. The largest absolute Gasteiger partial charge is 0.447 e. The first-order chi connectivity index (χ1) is 6.38. The van der Waals surface area contributed by atoms with Crippen molar-refractivity contribution in [1.82, 2.24) is 4.98 Å². The molecule has 2 aromatic rings. The zero-order valence-corrected chi connectivity index (χ0v) is 7.28. The number of oxazole rings is 1. The Morgan fingerprint density at radius 3 is 3.00 bits per heavy atom. The van der Waals surface area contributed by atoms with Crippen LogP contribution in [0.2, 0.25) is 0 Å². The average molecular weight is 195 g/mol. The van der Waals surface area contributed by atoms with E-state index in [0.29, 0.717) is 22.4 Å². The molecule has 0 saturated carbocycles. The van der Waals surface area contributed by atoms with Crippen molar-refractivity contribution in [3.8, 4) is 0 Å². The van der Waals surface area contributed by atoms with Gasteiger partial charge in [0.05, 0.1) is 6.20 Å². The summed E-state index contributed by atoms with van der Waals surface area (Å²) in [7, 11) is 0. The zero-order valence-electron chi connectivity index (χ0n) is 6.47. The molecule has 0 N–H and O–H groups in total. The summed E-state index contributed by atoms with van der Waals surface area (Å²) in [4.78, 5) is 14.2. The van der Waals surface area contributed by atoms with Gasteiger partial charge >= 0.3 is 0 Å². The minimum atomic E-state index is 0.300. The number of nitrogens with zero attached hydrogens (tertiary/aromatic N) is 1. The second-order valence-corrected chi connectivity index (χ2v) is 3.13.